The van der Waals surface area contributed by atoms with E-state index in [9.17, 15) is 22.8 Å². The van der Waals surface area contributed by atoms with Crippen LogP contribution >= 0.6 is 11.3 Å². The lowest BCUT2D eigenvalue weighted by molar-refractivity contribution is -0.137. The minimum atomic E-state index is -4.69. The molecule has 0 spiro atoms. The number of hydrogen-bond acceptors (Lipinski definition) is 7. The second-order valence-electron chi connectivity index (χ2n) is 9.69. The molecule has 3 aliphatic rings. The summed E-state index contributed by atoms with van der Waals surface area (Å²) in [5.74, 6) is -0.420. The lowest BCUT2D eigenvalue weighted by Crippen LogP contribution is -2.48. The average Bonchev–Trinajstić information content (AvgIpc) is 3.55. The lowest BCUT2D eigenvalue weighted by Gasteiger charge is -2.33. The third kappa shape index (κ3) is 5.34. The summed E-state index contributed by atoms with van der Waals surface area (Å²) in [6.07, 6.45) is 1.13. The summed E-state index contributed by atoms with van der Waals surface area (Å²) >= 11 is 0.783. The number of aromatic nitrogens is 2. The fourth-order valence-electron chi connectivity index (χ4n) is 4.39. The van der Waals surface area contributed by atoms with Crippen molar-refractivity contribution in [2.24, 2.45) is 5.92 Å². The number of hydrogen-bond donors (Lipinski definition) is 2. The van der Waals surface area contributed by atoms with Crippen LogP contribution in [-0.2, 0) is 10.9 Å². The van der Waals surface area contributed by atoms with Crippen molar-refractivity contribution in [3.8, 4) is 10.4 Å². The van der Waals surface area contributed by atoms with Crippen LogP contribution in [0.25, 0.3) is 10.4 Å². The van der Waals surface area contributed by atoms with Gasteiger partial charge in [0.15, 0.2) is 5.01 Å². The van der Waals surface area contributed by atoms with Crippen LogP contribution in [0.2, 0.25) is 0 Å². The molecule has 36 heavy (non-hydrogen) atoms. The number of carbonyl (C=O) groups excluding carboxylic acids is 2. The van der Waals surface area contributed by atoms with Gasteiger partial charge in [0.2, 0.25) is 0 Å². The van der Waals surface area contributed by atoms with Crippen molar-refractivity contribution in [3.05, 3.63) is 28.5 Å². The summed E-state index contributed by atoms with van der Waals surface area (Å²) < 4.78 is 47.7. The summed E-state index contributed by atoms with van der Waals surface area (Å²) in [7, 11) is 0. The summed E-state index contributed by atoms with van der Waals surface area (Å²) in [6, 6.07) is 0.718. The van der Waals surface area contributed by atoms with Gasteiger partial charge >= 0.3 is 6.18 Å². The second-order valence-corrected chi connectivity index (χ2v) is 10.7. The highest BCUT2D eigenvalue weighted by molar-refractivity contribution is 7.17. The minimum Gasteiger partial charge on any atom is -0.377 e. The Kier molecular flexibility index (Phi) is 6.90. The van der Waals surface area contributed by atoms with E-state index in [1.165, 1.54) is 0 Å². The molecule has 2 aliphatic heterocycles. The molecule has 8 nitrogen and oxygen atoms in total. The van der Waals surface area contributed by atoms with Crippen molar-refractivity contribution < 1.29 is 27.5 Å². The maximum atomic E-state index is 14.2. The molecule has 0 radical (unpaired) electrons. The fraction of sp³-hybridized carbons (Fsp3) is 0.583. The number of piperidine rings is 1. The molecule has 12 heteroatoms. The van der Waals surface area contributed by atoms with Gasteiger partial charge in [0.05, 0.1) is 29.7 Å². The van der Waals surface area contributed by atoms with Gasteiger partial charge in [0.25, 0.3) is 11.8 Å². The number of rotatable bonds is 7. The number of halogens is 3. The van der Waals surface area contributed by atoms with E-state index in [4.69, 9.17) is 4.74 Å². The van der Waals surface area contributed by atoms with Gasteiger partial charge in [-0.05, 0) is 51.0 Å². The molecule has 2 aromatic heterocycles. The van der Waals surface area contributed by atoms with Crippen LogP contribution in [0.15, 0.2) is 12.3 Å². The average molecular weight is 524 g/mol. The highest BCUT2D eigenvalue weighted by atomic mass is 32.1. The van der Waals surface area contributed by atoms with Crippen LogP contribution in [0.5, 0.6) is 0 Å². The number of alkyl halides is 3. The zero-order valence-electron chi connectivity index (χ0n) is 19.9. The van der Waals surface area contributed by atoms with E-state index >= 15 is 0 Å². The Labute approximate surface area is 210 Å². The Bertz CT molecular complexity index is 1150. The Hall–Kier alpha value is -2.73. The molecular formula is C24H28F3N5O3S. The molecular weight excluding hydrogens is 495 g/mol. The van der Waals surface area contributed by atoms with Crippen LogP contribution in [0.1, 0.15) is 64.9 Å². The molecule has 3 fully saturated rings. The summed E-state index contributed by atoms with van der Waals surface area (Å²) in [5.41, 5.74) is -1.31. The van der Waals surface area contributed by atoms with E-state index in [0.29, 0.717) is 32.2 Å². The molecule has 0 unspecified atom stereocenters. The van der Waals surface area contributed by atoms with Gasteiger partial charge < -0.3 is 20.3 Å². The second kappa shape index (κ2) is 9.97. The Morgan fingerprint density at radius 2 is 2.00 bits per heavy atom. The normalized spacial score (nSPS) is 20.7. The standard InChI is InChI=1S/C24H28F3N5O3S/c1-13-4-2-3-7-32(13)23(34)19-20(36-22(31-19)21(33)30-15-11-35-12-15)16-10-29-18(28-9-14-5-6-14)8-17(16)24(25,26)27/h8,10,13-15H,2-7,9,11-12H2,1H3,(H,28,29)(H,30,33)/t13-/m0/s1. The molecule has 2 N–H and O–H groups in total. The third-order valence-corrected chi connectivity index (χ3v) is 7.87. The predicted octanol–water partition coefficient (Wildman–Crippen LogP) is 4.19. The van der Waals surface area contributed by atoms with Gasteiger partial charge in [-0.15, -0.1) is 11.3 Å². The SMILES string of the molecule is C[C@H]1CCCCN1C(=O)c1nc(C(=O)NC2COC2)sc1-c1cnc(NCC2CC2)cc1C(F)(F)F. The monoisotopic (exact) mass is 523 g/mol. The largest absolute Gasteiger partial charge is 0.417 e. The van der Waals surface area contributed by atoms with Gasteiger partial charge in [-0.1, -0.05) is 0 Å². The predicted molar refractivity (Wildman–Crippen MR) is 128 cm³/mol. The van der Waals surface area contributed by atoms with Gasteiger partial charge in [-0.2, -0.15) is 13.2 Å². The number of nitrogens with one attached hydrogen (secondary N) is 2. The molecule has 2 aromatic rings. The van der Waals surface area contributed by atoms with Crippen LogP contribution in [-0.4, -0.2) is 65.1 Å². The highest BCUT2D eigenvalue weighted by Crippen LogP contribution is 2.42. The summed E-state index contributed by atoms with van der Waals surface area (Å²) in [4.78, 5) is 36.5. The van der Waals surface area contributed by atoms with Gasteiger partial charge in [0.1, 0.15) is 11.5 Å². The number of likely N-dealkylation sites (tertiary alicyclic amines) is 1. The zero-order chi connectivity index (χ0) is 25.4. The summed E-state index contributed by atoms with van der Waals surface area (Å²) in [5, 5.41) is 5.67. The molecule has 1 saturated carbocycles. The van der Waals surface area contributed by atoms with Crippen LogP contribution in [0.3, 0.4) is 0 Å². The third-order valence-electron chi connectivity index (χ3n) is 6.78. The molecule has 194 valence electrons. The van der Waals surface area contributed by atoms with Gasteiger partial charge in [-0.3, -0.25) is 9.59 Å². The number of ether oxygens (including phenoxy) is 1. The Morgan fingerprint density at radius 1 is 1.22 bits per heavy atom. The van der Waals surface area contributed by atoms with E-state index in [0.717, 1.165) is 55.7 Å². The fourth-order valence-corrected chi connectivity index (χ4v) is 5.37. The van der Waals surface area contributed by atoms with E-state index < -0.39 is 23.6 Å². The van der Waals surface area contributed by atoms with E-state index in [1.807, 2.05) is 6.92 Å². The number of pyridine rings is 1. The van der Waals surface area contributed by atoms with Crippen molar-refractivity contribution in [1.82, 2.24) is 20.2 Å². The maximum absolute atomic E-state index is 14.2. The first-order valence-corrected chi connectivity index (χ1v) is 13.0. The van der Waals surface area contributed by atoms with E-state index in [-0.39, 0.29) is 39.0 Å². The number of carbonyl (C=O) groups is 2. The van der Waals surface area contributed by atoms with Crippen molar-refractivity contribution in [3.63, 3.8) is 0 Å². The van der Waals surface area contributed by atoms with E-state index in [2.05, 4.69) is 20.6 Å². The minimum absolute atomic E-state index is 0.00125. The van der Waals surface area contributed by atoms with Crippen molar-refractivity contribution in [1.29, 1.82) is 0 Å². The van der Waals surface area contributed by atoms with Crippen molar-refractivity contribution >= 4 is 29.0 Å². The Morgan fingerprint density at radius 3 is 2.64 bits per heavy atom. The van der Waals surface area contributed by atoms with Crippen molar-refractivity contribution in [2.45, 2.75) is 57.3 Å². The molecule has 4 heterocycles. The van der Waals surface area contributed by atoms with E-state index in [1.54, 1.807) is 4.90 Å². The molecule has 0 bridgehead atoms. The molecule has 1 atom stereocenters. The first-order chi connectivity index (χ1) is 17.2. The van der Waals surface area contributed by atoms with Gasteiger partial charge in [-0.25, -0.2) is 9.97 Å². The van der Waals surface area contributed by atoms with Crippen molar-refractivity contribution in [2.75, 3.05) is 31.6 Å². The maximum Gasteiger partial charge on any atom is 0.417 e. The molecule has 2 saturated heterocycles. The zero-order valence-corrected chi connectivity index (χ0v) is 20.7. The quantitative estimate of drug-likeness (QED) is 0.565. The molecule has 1 aliphatic carbocycles. The number of nitrogens with zero attached hydrogens (tertiary/aromatic N) is 3. The molecule has 2 amide bonds. The topological polar surface area (TPSA) is 96.5 Å². The lowest BCUT2D eigenvalue weighted by atomic mass is 10.0. The van der Waals surface area contributed by atoms with Crippen LogP contribution in [0, 0.1) is 5.92 Å². The Balaban J connectivity index is 1.54. The number of amides is 2. The smallest absolute Gasteiger partial charge is 0.377 e. The number of thiazole rings is 1. The van der Waals surface area contributed by atoms with Gasteiger partial charge in [0, 0.05) is 30.9 Å². The van der Waals surface area contributed by atoms with Crippen LogP contribution < -0.4 is 10.6 Å². The summed E-state index contributed by atoms with van der Waals surface area (Å²) in [6.45, 7) is 3.69. The first kappa shape index (κ1) is 24.9. The molecule has 5 rings (SSSR count). The first-order valence-electron chi connectivity index (χ1n) is 12.2. The highest BCUT2D eigenvalue weighted by Gasteiger charge is 2.38. The molecule has 0 aromatic carbocycles. The van der Waals surface area contributed by atoms with Crippen LogP contribution in [0.4, 0.5) is 19.0 Å². The number of anilines is 1.